The predicted octanol–water partition coefficient (Wildman–Crippen LogP) is 2.82. The van der Waals surface area contributed by atoms with E-state index >= 15 is 0 Å². The average molecular weight is 373 g/mol. The highest BCUT2D eigenvalue weighted by atomic mass is 16.4. The number of carbonyl (C=O) groups is 2. The van der Waals surface area contributed by atoms with Crippen LogP contribution in [0.1, 0.15) is 84.1 Å². The number of fused-ring (bicyclic) bond motifs is 1. The van der Waals surface area contributed by atoms with Crippen molar-refractivity contribution in [1.29, 1.82) is 0 Å². The molecule has 6 nitrogen and oxygen atoms in total. The first kappa shape index (κ1) is 19.8. The van der Waals surface area contributed by atoms with E-state index in [1.807, 2.05) is 13.8 Å². The van der Waals surface area contributed by atoms with E-state index in [0.717, 1.165) is 50.9 Å². The molecule has 0 spiro atoms. The Morgan fingerprint density at radius 2 is 1.96 bits per heavy atom. The number of nitrogens with zero attached hydrogens (tertiary/aromatic N) is 2. The number of carboxylic acid groups (broad SMARTS) is 1. The molecule has 3 rings (SSSR count). The number of aryl methyl sites for hydroxylation is 1. The second kappa shape index (κ2) is 8.38. The fraction of sp³-hybridized carbons (Fsp3) is 0.667. The highest BCUT2D eigenvalue weighted by Gasteiger charge is 2.40. The minimum absolute atomic E-state index is 0.00935. The molecule has 0 saturated carbocycles. The molecule has 27 heavy (non-hydrogen) atoms. The summed E-state index contributed by atoms with van der Waals surface area (Å²) in [5.41, 5.74) is 2.94. The number of hydrogen-bond donors (Lipinski definition) is 2. The molecule has 0 bridgehead atoms. The van der Waals surface area contributed by atoms with E-state index in [0.29, 0.717) is 29.7 Å². The first-order valence-corrected chi connectivity index (χ1v) is 10.3. The number of hydrogen-bond acceptors (Lipinski definition) is 4. The number of aromatic carboxylic acids is 1. The van der Waals surface area contributed by atoms with Gasteiger partial charge in [0.2, 0.25) is 0 Å². The molecule has 3 heterocycles. The molecule has 1 atom stereocenters. The van der Waals surface area contributed by atoms with E-state index in [1.54, 1.807) is 0 Å². The van der Waals surface area contributed by atoms with Crippen molar-refractivity contribution in [1.82, 2.24) is 15.2 Å². The number of carboxylic acids is 1. The van der Waals surface area contributed by atoms with Crippen molar-refractivity contribution in [3.8, 4) is 0 Å². The summed E-state index contributed by atoms with van der Waals surface area (Å²) < 4.78 is 0. The van der Waals surface area contributed by atoms with E-state index in [-0.39, 0.29) is 23.6 Å². The van der Waals surface area contributed by atoms with Gasteiger partial charge in [-0.1, -0.05) is 27.2 Å². The smallest absolute Gasteiger partial charge is 0.337 e. The van der Waals surface area contributed by atoms with Crippen molar-refractivity contribution < 1.29 is 14.7 Å². The largest absolute Gasteiger partial charge is 0.478 e. The monoisotopic (exact) mass is 373 g/mol. The molecule has 1 amide bonds. The van der Waals surface area contributed by atoms with Gasteiger partial charge < -0.3 is 15.3 Å². The standard InChI is InChI=1S/C21H31N3O3/c1-4-7-16-19(21(26)27)15(6-3)18-17(23-16)12-13(5-2)24(20(18)25)14-8-10-22-11-9-14/h13-14,22H,4-12H2,1-3H3,(H,26,27). The van der Waals surface area contributed by atoms with Gasteiger partial charge >= 0.3 is 5.97 Å². The predicted molar refractivity (Wildman–Crippen MR) is 104 cm³/mol. The zero-order valence-corrected chi connectivity index (χ0v) is 16.7. The van der Waals surface area contributed by atoms with E-state index in [1.165, 1.54) is 0 Å². The number of piperidine rings is 1. The van der Waals surface area contributed by atoms with Gasteiger partial charge in [0.1, 0.15) is 0 Å². The molecule has 148 valence electrons. The summed E-state index contributed by atoms with van der Waals surface area (Å²) in [4.78, 5) is 32.4. The highest BCUT2D eigenvalue weighted by Crippen LogP contribution is 2.33. The lowest BCUT2D eigenvalue weighted by Crippen LogP contribution is -2.54. The van der Waals surface area contributed by atoms with Crippen molar-refractivity contribution in [3.05, 3.63) is 28.1 Å². The lowest BCUT2D eigenvalue weighted by Gasteiger charge is -2.43. The van der Waals surface area contributed by atoms with Gasteiger partial charge in [0, 0.05) is 18.5 Å². The Labute approximate surface area is 161 Å². The van der Waals surface area contributed by atoms with Crippen molar-refractivity contribution in [2.45, 2.75) is 77.8 Å². The molecular formula is C21H31N3O3. The Kier molecular flexibility index (Phi) is 6.15. The van der Waals surface area contributed by atoms with Crippen LogP contribution < -0.4 is 5.32 Å². The fourth-order valence-electron chi connectivity index (χ4n) is 4.68. The number of pyridine rings is 1. The second-order valence-electron chi connectivity index (χ2n) is 7.60. The van der Waals surface area contributed by atoms with Crippen molar-refractivity contribution in [2.24, 2.45) is 0 Å². The lowest BCUT2D eigenvalue weighted by atomic mass is 9.86. The molecule has 1 aromatic rings. The van der Waals surface area contributed by atoms with E-state index in [2.05, 4.69) is 17.1 Å². The lowest BCUT2D eigenvalue weighted by molar-refractivity contribution is 0.0476. The van der Waals surface area contributed by atoms with Crippen LogP contribution in [0.25, 0.3) is 0 Å². The summed E-state index contributed by atoms with van der Waals surface area (Å²) in [6, 6.07) is 0.376. The molecule has 2 aliphatic rings. The van der Waals surface area contributed by atoms with Crippen LogP contribution in [0.5, 0.6) is 0 Å². The quantitative estimate of drug-likeness (QED) is 0.801. The Balaban J connectivity index is 2.13. The van der Waals surface area contributed by atoms with Crippen LogP contribution in [-0.4, -0.2) is 52.0 Å². The van der Waals surface area contributed by atoms with Gasteiger partial charge in [-0.2, -0.15) is 0 Å². The van der Waals surface area contributed by atoms with Gasteiger partial charge in [-0.05, 0) is 50.8 Å². The third-order valence-corrected chi connectivity index (χ3v) is 5.95. The van der Waals surface area contributed by atoms with Crippen molar-refractivity contribution >= 4 is 11.9 Å². The van der Waals surface area contributed by atoms with Crippen LogP contribution in [0, 0.1) is 0 Å². The van der Waals surface area contributed by atoms with E-state index in [4.69, 9.17) is 4.98 Å². The summed E-state index contributed by atoms with van der Waals surface area (Å²) in [7, 11) is 0. The molecule has 0 radical (unpaired) electrons. The summed E-state index contributed by atoms with van der Waals surface area (Å²) >= 11 is 0. The molecular weight excluding hydrogens is 342 g/mol. The van der Waals surface area contributed by atoms with Crippen molar-refractivity contribution in [3.63, 3.8) is 0 Å². The van der Waals surface area contributed by atoms with E-state index < -0.39 is 5.97 Å². The molecule has 1 saturated heterocycles. The first-order chi connectivity index (χ1) is 13.0. The third kappa shape index (κ3) is 3.59. The zero-order chi connectivity index (χ0) is 19.6. The summed E-state index contributed by atoms with van der Waals surface area (Å²) in [6.07, 6.45) is 5.52. The minimum atomic E-state index is -0.968. The second-order valence-corrected chi connectivity index (χ2v) is 7.60. The SMILES string of the molecule is CCCc1nc2c(c(CC)c1C(=O)O)C(=O)N(C1CCNCC1)C(CC)C2. The van der Waals surface area contributed by atoms with Crippen LogP contribution >= 0.6 is 0 Å². The fourth-order valence-corrected chi connectivity index (χ4v) is 4.68. The van der Waals surface area contributed by atoms with E-state index in [9.17, 15) is 14.7 Å². The number of amides is 1. The number of aromatic nitrogens is 1. The average Bonchev–Trinajstić information content (AvgIpc) is 2.67. The molecule has 1 aromatic heterocycles. The maximum absolute atomic E-state index is 13.6. The van der Waals surface area contributed by atoms with Crippen LogP contribution in [-0.2, 0) is 19.3 Å². The maximum Gasteiger partial charge on any atom is 0.337 e. The van der Waals surface area contributed by atoms with Crippen LogP contribution in [0.15, 0.2) is 0 Å². The van der Waals surface area contributed by atoms with Crippen LogP contribution in [0.2, 0.25) is 0 Å². The van der Waals surface area contributed by atoms with Gasteiger partial charge in [0.15, 0.2) is 0 Å². The van der Waals surface area contributed by atoms with Crippen LogP contribution in [0.3, 0.4) is 0 Å². The summed E-state index contributed by atoms with van der Waals surface area (Å²) in [6.45, 7) is 7.93. The Morgan fingerprint density at radius 3 is 2.52 bits per heavy atom. The zero-order valence-electron chi connectivity index (χ0n) is 16.7. The molecule has 1 fully saturated rings. The number of rotatable bonds is 6. The van der Waals surface area contributed by atoms with Gasteiger partial charge in [-0.15, -0.1) is 0 Å². The van der Waals surface area contributed by atoms with Gasteiger partial charge in [0.25, 0.3) is 5.91 Å². The summed E-state index contributed by atoms with van der Waals surface area (Å²) in [5, 5.41) is 13.2. The first-order valence-electron chi connectivity index (χ1n) is 10.3. The normalized spacial score (nSPS) is 20.6. The molecule has 1 unspecified atom stereocenters. The number of carbonyl (C=O) groups excluding carboxylic acids is 1. The third-order valence-electron chi connectivity index (χ3n) is 5.95. The number of nitrogens with one attached hydrogen (secondary N) is 1. The summed E-state index contributed by atoms with van der Waals surface area (Å²) in [5.74, 6) is -0.977. The topological polar surface area (TPSA) is 82.5 Å². The maximum atomic E-state index is 13.6. The molecule has 2 N–H and O–H groups in total. The Bertz CT molecular complexity index is 726. The van der Waals surface area contributed by atoms with Crippen LogP contribution in [0.4, 0.5) is 0 Å². The molecule has 2 aliphatic heterocycles. The molecule has 0 aliphatic carbocycles. The molecule has 6 heteroatoms. The molecule has 0 aromatic carbocycles. The Hall–Kier alpha value is -1.95. The van der Waals surface area contributed by atoms with Gasteiger partial charge in [-0.25, -0.2) is 4.79 Å². The van der Waals surface area contributed by atoms with Gasteiger partial charge in [0.05, 0.1) is 22.5 Å². The minimum Gasteiger partial charge on any atom is -0.478 e. The van der Waals surface area contributed by atoms with Crippen molar-refractivity contribution in [2.75, 3.05) is 13.1 Å². The Morgan fingerprint density at radius 1 is 1.26 bits per heavy atom. The van der Waals surface area contributed by atoms with Gasteiger partial charge in [-0.3, -0.25) is 9.78 Å². The highest BCUT2D eigenvalue weighted by molar-refractivity contribution is 6.02.